The molecule has 0 amide bonds. The lowest BCUT2D eigenvalue weighted by Crippen LogP contribution is -2.24. The summed E-state index contributed by atoms with van der Waals surface area (Å²) in [4.78, 5) is 3.88. The van der Waals surface area contributed by atoms with Crippen LogP contribution in [0, 0.1) is 0 Å². The van der Waals surface area contributed by atoms with Crippen LogP contribution in [0.5, 0.6) is 5.75 Å². The lowest BCUT2D eigenvalue weighted by Gasteiger charge is -2.06. The molecule has 0 fully saturated rings. The van der Waals surface area contributed by atoms with Gasteiger partial charge in [-0.15, -0.1) is 0 Å². The Labute approximate surface area is 75.6 Å². The molecule has 0 aliphatic heterocycles. The number of hydrogen-bond acceptors (Lipinski definition) is 3. The first-order valence-corrected chi connectivity index (χ1v) is 3.77. The third kappa shape index (κ3) is 2.06. The second-order valence-electron chi connectivity index (χ2n) is 2.08. The van der Waals surface area contributed by atoms with E-state index in [0.717, 1.165) is 0 Å². The van der Waals surface area contributed by atoms with E-state index in [1.165, 1.54) is 6.07 Å². The van der Waals surface area contributed by atoms with E-state index in [2.05, 4.69) is 15.6 Å². The van der Waals surface area contributed by atoms with E-state index in [1.54, 1.807) is 19.3 Å². The number of aromatic nitrogens is 1. The maximum Gasteiger partial charge on any atom is 0.174 e. The van der Waals surface area contributed by atoms with Crippen molar-refractivity contribution < 1.29 is 5.11 Å². The summed E-state index contributed by atoms with van der Waals surface area (Å²) < 4.78 is 0. The maximum absolute atomic E-state index is 9.24. The minimum Gasteiger partial charge on any atom is -0.504 e. The van der Waals surface area contributed by atoms with E-state index in [4.69, 9.17) is 12.2 Å². The second kappa shape index (κ2) is 3.87. The van der Waals surface area contributed by atoms with Crippen molar-refractivity contribution in [1.82, 2.24) is 10.3 Å². The van der Waals surface area contributed by atoms with Crippen molar-refractivity contribution in [2.24, 2.45) is 0 Å². The summed E-state index contributed by atoms with van der Waals surface area (Å²) in [5.41, 5.74) is 0. The molecule has 0 atom stereocenters. The van der Waals surface area contributed by atoms with Gasteiger partial charge in [0.1, 0.15) is 0 Å². The molecule has 64 valence electrons. The highest BCUT2D eigenvalue weighted by molar-refractivity contribution is 7.80. The molecule has 1 aromatic heterocycles. The summed E-state index contributed by atoms with van der Waals surface area (Å²) in [6, 6.07) is 3.18. The molecule has 3 N–H and O–H groups in total. The molecule has 0 bridgehead atoms. The minimum absolute atomic E-state index is 0.0788. The summed E-state index contributed by atoms with van der Waals surface area (Å²) in [5, 5.41) is 15.1. The molecule has 1 heterocycles. The van der Waals surface area contributed by atoms with Crippen molar-refractivity contribution in [3.8, 4) is 5.75 Å². The number of aromatic hydroxyl groups is 1. The predicted molar refractivity (Wildman–Crippen MR) is 51.2 cm³/mol. The summed E-state index contributed by atoms with van der Waals surface area (Å²) in [7, 11) is 1.69. The highest BCUT2D eigenvalue weighted by Crippen LogP contribution is 2.17. The maximum atomic E-state index is 9.24. The van der Waals surface area contributed by atoms with Gasteiger partial charge in [0.2, 0.25) is 0 Å². The van der Waals surface area contributed by atoms with Crippen LogP contribution in [0.15, 0.2) is 18.3 Å². The average Bonchev–Trinajstić information content (AvgIpc) is 2.09. The summed E-state index contributed by atoms with van der Waals surface area (Å²) in [6.07, 6.45) is 1.57. The van der Waals surface area contributed by atoms with Gasteiger partial charge in [-0.3, -0.25) is 0 Å². The zero-order valence-corrected chi connectivity index (χ0v) is 7.35. The number of pyridine rings is 1. The predicted octanol–water partition coefficient (Wildman–Crippen LogP) is 0.703. The van der Waals surface area contributed by atoms with Crippen molar-refractivity contribution in [3.63, 3.8) is 0 Å². The second-order valence-corrected chi connectivity index (χ2v) is 2.48. The number of nitrogens with one attached hydrogen (secondary N) is 2. The van der Waals surface area contributed by atoms with Crippen LogP contribution in [0.25, 0.3) is 0 Å². The third-order valence-corrected chi connectivity index (χ3v) is 1.55. The van der Waals surface area contributed by atoms with E-state index in [9.17, 15) is 5.11 Å². The van der Waals surface area contributed by atoms with Crippen LogP contribution in [0.1, 0.15) is 0 Å². The van der Waals surface area contributed by atoms with Gasteiger partial charge in [-0.1, -0.05) is 0 Å². The molecule has 12 heavy (non-hydrogen) atoms. The lowest BCUT2D eigenvalue weighted by atomic mass is 10.4. The Bertz CT molecular complexity index is 290. The van der Waals surface area contributed by atoms with E-state index in [1.807, 2.05) is 0 Å². The van der Waals surface area contributed by atoms with Crippen LogP contribution < -0.4 is 10.6 Å². The SMILES string of the molecule is CNC(=S)Nc1ncccc1O. The molecule has 0 spiro atoms. The normalized spacial score (nSPS) is 9.08. The first-order chi connectivity index (χ1) is 5.74. The summed E-state index contributed by atoms with van der Waals surface area (Å²) in [6.45, 7) is 0. The quantitative estimate of drug-likeness (QED) is 0.560. The zero-order chi connectivity index (χ0) is 8.97. The Hall–Kier alpha value is -1.36. The van der Waals surface area contributed by atoms with E-state index in [-0.39, 0.29) is 5.75 Å². The van der Waals surface area contributed by atoms with Crippen molar-refractivity contribution >= 4 is 23.1 Å². The van der Waals surface area contributed by atoms with Crippen molar-refractivity contribution in [2.75, 3.05) is 12.4 Å². The lowest BCUT2D eigenvalue weighted by molar-refractivity contribution is 0.475. The van der Waals surface area contributed by atoms with Crippen LogP contribution in [0.3, 0.4) is 0 Å². The summed E-state index contributed by atoms with van der Waals surface area (Å²) >= 11 is 4.82. The molecular formula is C7H9N3OS. The van der Waals surface area contributed by atoms with Crippen molar-refractivity contribution in [2.45, 2.75) is 0 Å². The van der Waals surface area contributed by atoms with Crippen LogP contribution in [0.2, 0.25) is 0 Å². The Morgan fingerprint density at radius 1 is 1.67 bits per heavy atom. The number of thiocarbonyl (C=S) groups is 1. The van der Waals surface area contributed by atoms with Crippen LogP contribution in [-0.4, -0.2) is 22.3 Å². The molecule has 1 rings (SSSR count). The molecular weight excluding hydrogens is 174 g/mol. The van der Waals surface area contributed by atoms with Crippen molar-refractivity contribution in [1.29, 1.82) is 0 Å². The van der Waals surface area contributed by atoms with Gasteiger partial charge in [-0.25, -0.2) is 4.98 Å². The molecule has 1 aromatic rings. The molecule has 0 aromatic carbocycles. The van der Waals surface area contributed by atoms with Gasteiger partial charge in [0, 0.05) is 13.2 Å². The molecule has 0 aliphatic rings. The van der Waals surface area contributed by atoms with Gasteiger partial charge in [-0.2, -0.15) is 0 Å². The average molecular weight is 183 g/mol. The number of nitrogens with zero attached hydrogens (tertiary/aromatic N) is 1. The Morgan fingerprint density at radius 2 is 2.42 bits per heavy atom. The molecule has 0 saturated carbocycles. The molecule has 0 radical (unpaired) electrons. The fourth-order valence-electron chi connectivity index (χ4n) is 0.663. The molecule has 0 unspecified atom stereocenters. The van der Waals surface area contributed by atoms with Crippen LogP contribution in [0.4, 0.5) is 5.82 Å². The molecule has 0 aliphatic carbocycles. The fraction of sp³-hybridized carbons (Fsp3) is 0.143. The van der Waals surface area contributed by atoms with Gasteiger partial charge in [0.25, 0.3) is 0 Å². The molecule has 0 saturated heterocycles. The minimum atomic E-state index is 0.0788. The van der Waals surface area contributed by atoms with Crippen molar-refractivity contribution in [3.05, 3.63) is 18.3 Å². The smallest absolute Gasteiger partial charge is 0.174 e. The highest BCUT2D eigenvalue weighted by atomic mass is 32.1. The molecule has 4 nitrogen and oxygen atoms in total. The fourth-order valence-corrected chi connectivity index (χ4v) is 0.760. The van der Waals surface area contributed by atoms with E-state index >= 15 is 0 Å². The first kappa shape index (κ1) is 8.73. The Kier molecular flexibility index (Phi) is 2.82. The van der Waals surface area contributed by atoms with Crippen LogP contribution >= 0.6 is 12.2 Å². The topological polar surface area (TPSA) is 57.2 Å². The third-order valence-electron chi connectivity index (χ3n) is 1.25. The Balaban J connectivity index is 2.75. The summed E-state index contributed by atoms with van der Waals surface area (Å²) in [5.74, 6) is 0.437. The monoisotopic (exact) mass is 183 g/mol. The standard InChI is InChI=1S/C7H9N3OS/c1-8-7(12)10-6-5(11)3-2-4-9-6/h2-4,11H,1H3,(H2,8,9,10,12). The van der Waals surface area contributed by atoms with Crippen LogP contribution in [-0.2, 0) is 0 Å². The molecule has 5 heteroatoms. The van der Waals surface area contributed by atoms with E-state index in [0.29, 0.717) is 10.9 Å². The van der Waals surface area contributed by atoms with E-state index < -0.39 is 0 Å². The van der Waals surface area contributed by atoms with Gasteiger partial charge in [-0.05, 0) is 24.4 Å². The van der Waals surface area contributed by atoms with Gasteiger partial charge in [0.05, 0.1) is 0 Å². The van der Waals surface area contributed by atoms with Gasteiger partial charge >= 0.3 is 0 Å². The zero-order valence-electron chi connectivity index (χ0n) is 6.53. The van der Waals surface area contributed by atoms with Gasteiger partial charge < -0.3 is 15.7 Å². The number of hydrogen-bond donors (Lipinski definition) is 3. The number of anilines is 1. The first-order valence-electron chi connectivity index (χ1n) is 3.36. The Morgan fingerprint density at radius 3 is 3.00 bits per heavy atom. The largest absolute Gasteiger partial charge is 0.504 e. The number of rotatable bonds is 1. The highest BCUT2D eigenvalue weighted by Gasteiger charge is 2.00. The van der Waals surface area contributed by atoms with Gasteiger partial charge in [0.15, 0.2) is 16.7 Å².